The average molecular weight is 245 g/mol. The van der Waals surface area contributed by atoms with E-state index in [1.807, 2.05) is 6.07 Å². The van der Waals surface area contributed by atoms with E-state index in [-0.39, 0.29) is 17.0 Å². The summed E-state index contributed by atoms with van der Waals surface area (Å²) in [5.41, 5.74) is 6.99. The summed E-state index contributed by atoms with van der Waals surface area (Å²) in [7, 11) is 1.38. The molecular weight excluding hydrogens is 236 g/mol. The highest BCUT2D eigenvalue weighted by molar-refractivity contribution is 8.13. The molecule has 1 aromatic carbocycles. The van der Waals surface area contributed by atoms with Crippen LogP contribution in [0.3, 0.4) is 0 Å². The quantitative estimate of drug-likeness (QED) is 0.794. The van der Waals surface area contributed by atoms with Gasteiger partial charge in [0.25, 0.3) is 9.05 Å². The second kappa shape index (κ2) is 4.19. The minimum absolute atomic E-state index is 0.0737. The van der Waals surface area contributed by atoms with E-state index in [0.29, 0.717) is 11.1 Å². The van der Waals surface area contributed by atoms with Crippen LogP contribution in [0.5, 0.6) is 0 Å². The number of halogens is 1. The van der Waals surface area contributed by atoms with Gasteiger partial charge in [-0.25, -0.2) is 8.42 Å². The first-order valence-corrected chi connectivity index (χ1v) is 6.39. The summed E-state index contributed by atoms with van der Waals surface area (Å²) < 4.78 is 22.2. The Hall–Kier alpha value is -1.09. The van der Waals surface area contributed by atoms with E-state index < -0.39 is 9.05 Å². The number of benzene rings is 1. The van der Waals surface area contributed by atoms with Crippen molar-refractivity contribution in [2.45, 2.75) is 18.4 Å². The van der Waals surface area contributed by atoms with Gasteiger partial charge in [-0.2, -0.15) is 5.26 Å². The van der Waals surface area contributed by atoms with Crippen molar-refractivity contribution < 1.29 is 8.42 Å². The normalized spacial score (nSPS) is 11.1. The molecule has 0 aliphatic rings. The van der Waals surface area contributed by atoms with Crippen LogP contribution in [0.4, 0.5) is 0 Å². The predicted octanol–water partition coefficient (Wildman–Crippen LogP) is 1.25. The molecule has 6 heteroatoms. The summed E-state index contributed by atoms with van der Waals surface area (Å²) >= 11 is 0. The SMILES string of the molecule is Cc1cc(S(=O)(=O)Cl)cc(C#N)c1CN. The van der Waals surface area contributed by atoms with Crippen molar-refractivity contribution in [2.24, 2.45) is 5.73 Å². The van der Waals surface area contributed by atoms with Crippen molar-refractivity contribution in [2.75, 3.05) is 0 Å². The maximum absolute atomic E-state index is 11.1. The number of nitrogens with two attached hydrogens (primary N) is 1. The highest BCUT2D eigenvalue weighted by Gasteiger charge is 2.14. The summed E-state index contributed by atoms with van der Waals surface area (Å²) in [5, 5.41) is 8.82. The molecule has 0 aliphatic carbocycles. The fourth-order valence-corrected chi connectivity index (χ4v) is 2.14. The molecule has 0 aromatic heterocycles. The minimum atomic E-state index is -3.80. The molecule has 4 nitrogen and oxygen atoms in total. The number of aryl methyl sites for hydroxylation is 1. The van der Waals surface area contributed by atoms with Crippen LogP contribution in [0.15, 0.2) is 17.0 Å². The molecule has 80 valence electrons. The minimum Gasteiger partial charge on any atom is -0.326 e. The molecule has 0 amide bonds. The van der Waals surface area contributed by atoms with E-state index in [0.717, 1.165) is 0 Å². The molecule has 0 saturated carbocycles. The zero-order valence-corrected chi connectivity index (χ0v) is 9.56. The van der Waals surface area contributed by atoms with Gasteiger partial charge < -0.3 is 5.73 Å². The molecule has 15 heavy (non-hydrogen) atoms. The van der Waals surface area contributed by atoms with E-state index in [1.165, 1.54) is 12.1 Å². The van der Waals surface area contributed by atoms with Crippen molar-refractivity contribution >= 4 is 19.7 Å². The van der Waals surface area contributed by atoms with Crippen molar-refractivity contribution in [3.05, 3.63) is 28.8 Å². The third-order valence-corrected chi connectivity index (χ3v) is 3.39. The Balaban J connectivity index is 3.55. The molecule has 0 atom stereocenters. The number of nitriles is 1. The molecule has 0 aliphatic heterocycles. The van der Waals surface area contributed by atoms with Gasteiger partial charge in [-0.05, 0) is 30.2 Å². The van der Waals surface area contributed by atoms with Crippen LogP contribution in [-0.4, -0.2) is 8.42 Å². The third kappa shape index (κ3) is 2.48. The lowest BCUT2D eigenvalue weighted by Gasteiger charge is -2.07. The summed E-state index contributed by atoms with van der Waals surface area (Å²) in [6.07, 6.45) is 0. The summed E-state index contributed by atoms with van der Waals surface area (Å²) in [5.74, 6) is 0. The molecule has 0 unspecified atom stereocenters. The molecule has 0 fully saturated rings. The monoisotopic (exact) mass is 244 g/mol. The largest absolute Gasteiger partial charge is 0.326 e. The smallest absolute Gasteiger partial charge is 0.261 e. The second-order valence-electron chi connectivity index (χ2n) is 3.02. The van der Waals surface area contributed by atoms with Crippen molar-refractivity contribution in [1.29, 1.82) is 5.26 Å². The lowest BCUT2D eigenvalue weighted by atomic mass is 10.0. The molecule has 0 bridgehead atoms. The summed E-state index contributed by atoms with van der Waals surface area (Å²) in [4.78, 5) is -0.0737. The molecule has 0 spiro atoms. The van der Waals surface area contributed by atoms with Crippen LogP contribution in [-0.2, 0) is 15.6 Å². The molecule has 0 saturated heterocycles. The lowest BCUT2D eigenvalue weighted by Crippen LogP contribution is -2.04. The Bertz CT molecular complexity index is 532. The Labute approximate surface area is 92.7 Å². The number of hydrogen-bond donors (Lipinski definition) is 1. The van der Waals surface area contributed by atoms with Crippen molar-refractivity contribution in [3.8, 4) is 6.07 Å². The van der Waals surface area contributed by atoms with Gasteiger partial charge in [0.05, 0.1) is 16.5 Å². The highest BCUT2D eigenvalue weighted by Crippen LogP contribution is 2.22. The standard InChI is InChI=1S/C9H9ClN2O2S/c1-6-2-8(15(10,13)14)3-7(4-11)9(6)5-12/h2-3H,5,12H2,1H3. The Morgan fingerprint density at radius 3 is 2.53 bits per heavy atom. The first kappa shape index (κ1) is 12.0. The van der Waals surface area contributed by atoms with E-state index in [1.54, 1.807) is 6.92 Å². The van der Waals surface area contributed by atoms with Gasteiger partial charge in [-0.1, -0.05) is 0 Å². The molecule has 2 N–H and O–H groups in total. The topological polar surface area (TPSA) is 84.0 Å². The number of rotatable bonds is 2. The van der Waals surface area contributed by atoms with Crippen LogP contribution in [0.2, 0.25) is 0 Å². The Morgan fingerprint density at radius 2 is 2.13 bits per heavy atom. The van der Waals surface area contributed by atoms with Crippen molar-refractivity contribution in [1.82, 2.24) is 0 Å². The zero-order chi connectivity index (χ0) is 11.6. The fraction of sp³-hybridized carbons (Fsp3) is 0.222. The van der Waals surface area contributed by atoms with E-state index in [2.05, 4.69) is 0 Å². The molecular formula is C9H9ClN2O2S. The third-order valence-electron chi connectivity index (χ3n) is 2.05. The second-order valence-corrected chi connectivity index (χ2v) is 5.59. The summed E-state index contributed by atoms with van der Waals surface area (Å²) in [6.45, 7) is 1.88. The lowest BCUT2D eigenvalue weighted by molar-refractivity contribution is 0.609. The van der Waals surface area contributed by atoms with Gasteiger partial charge in [-0.15, -0.1) is 0 Å². The maximum Gasteiger partial charge on any atom is 0.261 e. The molecule has 1 aromatic rings. The summed E-state index contributed by atoms with van der Waals surface area (Å²) in [6, 6.07) is 4.54. The highest BCUT2D eigenvalue weighted by atomic mass is 35.7. The van der Waals surface area contributed by atoms with Gasteiger partial charge >= 0.3 is 0 Å². The Kier molecular flexibility index (Phi) is 3.35. The van der Waals surface area contributed by atoms with Gasteiger partial charge in [0, 0.05) is 17.2 Å². The van der Waals surface area contributed by atoms with Crippen LogP contribution in [0, 0.1) is 18.3 Å². The van der Waals surface area contributed by atoms with Crippen LogP contribution >= 0.6 is 10.7 Å². The zero-order valence-electron chi connectivity index (χ0n) is 7.99. The Morgan fingerprint density at radius 1 is 1.53 bits per heavy atom. The first-order valence-electron chi connectivity index (χ1n) is 4.08. The van der Waals surface area contributed by atoms with Gasteiger partial charge in [0.15, 0.2) is 0 Å². The first-order chi connectivity index (χ1) is 6.90. The number of hydrogen-bond acceptors (Lipinski definition) is 4. The van der Waals surface area contributed by atoms with E-state index >= 15 is 0 Å². The van der Waals surface area contributed by atoms with Crippen molar-refractivity contribution in [3.63, 3.8) is 0 Å². The molecule has 0 heterocycles. The molecule has 1 rings (SSSR count). The van der Waals surface area contributed by atoms with Gasteiger partial charge in [0.2, 0.25) is 0 Å². The fourth-order valence-electron chi connectivity index (χ4n) is 1.30. The maximum atomic E-state index is 11.1. The van der Waals surface area contributed by atoms with Crippen LogP contribution in [0.1, 0.15) is 16.7 Å². The van der Waals surface area contributed by atoms with Crippen LogP contribution in [0.25, 0.3) is 0 Å². The predicted molar refractivity (Wildman–Crippen MR) is 56.8 cm³/mol. The van der Waals surface area contributed by atoms with E-state index in [4.69, 9.17) is 21.7 Å². The van der Waals surface area contributed by atoms with Gasteiger partial charge in [-0.3, -0.25) is 0 Å². The molecule has 0 radical (unpaired) electrons. The van der Waals surface area contributed by atoms with Crippen LogP contribution < -0.4 is 5.73 Å². The van der Waals surface area contributed by atoms with Gasteiger partial charge in [0.1, 0.15) is 0 Å². The number of nitrogens with zero attached hydrogens (tertiary/aromatic N) is 1. The average Bonchev–Trinajstić information content (AvgIpc) is 2.15. The van der Waals surface area contributed by atoms with E-state index in [9.17, 15) is 8.42 Å².